The fourth-order valence-electron chi connectivity index (χ4n) is 2.76. The Labute approximate surface area is 105 Å². The van der Waals surface area contributed by atoms with Gasteiger partial charge in [0.25, 0.3) is 0 Å². The summed E-state index contributed by atoms with van der Waals surface area (Å²) in [5.74, 6) is 0.688. The van der Waals surface area contributed by atoms with Crippen molar-refractivity contribution >= 4 is 5.69 Å². The summed E-state index contributed by atoms with van der Waals surface area (Å²) in [5, 5.41) is 6.89. The van der Waals surface area contributed by atoms with Crippen molar-refractivity contribution in [3.05, 3.63) is 29.8 Å². The number of benzene rings is 1. The first-order valence-corrected chi connectivity index (χ1v) is 6.72. The predicted octanol–water partition coefficient (Wildman–Crippen LogP) is 3.01. The monoisotopic (exact) mass is 232 g/mol. The number of anilines is 1. The number of hydrogen-bond donors (Lipinski definition) is 2. The molecule has 0 aromatic heterocycles. The van der Waals surface area contributed by atoms with E-state index in [1.54, 1.807) is 0 Å². The van der Waals surface area contributed by atoms with Crippen molar-refractivity contribution in [1.82, 2.24) is 5.32 Å². The van der Waals surface area contributed by atoms with Crippen molar-refractivity contribution < 1.29 is 0 Å². The number of rotatable bonds is 3. The molecule has 1 aromatic carbocycles. The van der Waals surface area contributed by atoms with Crippen LogP contribution in [0.3, 0.4) is 0 Å². The maximum atomic E-state index is 3.48. The second-order valence-corrected chi connectivity index (χ2v) is 5.38. The molecular formula is C15H24N2. The van der Waals surface area contributed by atoms with Crippen LogP contribution in [0.2, 0.25) is 0 Å². The molecule has 1 aliphatic rings. The first kappa shape index (κ1) is 12.4. The van der Waals surface area contributed by atoms with Gasteiger partial charge < -0.3 is 10.6 Å². The van der Waals surface area contributed by atoms with E-state index in [2.05, 4.69) is 55.7 Å². The molecule has 2 unspecified atom stereocenters. The van der Waals surface area contributed by atoms with Crippen LogP contribution in [0, 0.1) is 5.92 Å². The van der Waals surface area contributed by atoms with Gasteiger partial charge in [-0.15, -0.1) is 0 Å². The maximum Gasteiger partial charge on any atom is 0.0343 e. The Morgan fingerprint density at radius 1 is 1.47 bits per heavy atom. The van der Waals surface area contributed by atoms with Gasteiger partial charge in [-0.05, 0) is 55.5 Å². The molecule has 0 saturated carbocycles. The van der Waals surface area contributed by atoms with Gasteiger partial charge in [0.1, 0.15) is 0 Å². The zero-order valence-electron chi connectivity index (χ0n) is 11.2. The molecule has 17 heavy (non-hydrogen) atoms. The summed E-state index contributed by atoms with van der Waals surface area (Å²) in [5.41, 5.74) is 3.04. The molecule has 0 aliphatic carbocycles. The van der Waals surface area contributed by atoms with Crippen LogP contribution in [0.15, 0.2) is 24.3 Å². The lowest BCUT2D eigenvalue weighted by atomic mass is 9.68. The SMILES string of the molecule is CCNc1cccc(C2(C)CCNCC2C)c1. The molecule has 2 rings (SSSR count). The van der Waals surface area contributed by atoms with Crippen LogP contribution in [0.25, 0.3) is 0 Å². The highest BCUT2D eigenvalue weighted by Gasteiger charge is 2.35. The minimum absolute atomic E-state index is 0.316. The Balaban J connectivity index is 2.28. The molecule has 0 amide bonds. The van der Waals surface area contributed by atoms with Gasteiger partial charge >= 0.3 is 0 Å². The first-order valence-electron chi connectivity index (χ1n) is 6.72. The van der Waals surface area contributed by atoms with E-state index in [9.17, 15) is 0 Å². The molecule has 2 atom stereocenters. The molecule has 1 aromatic rings. The Bertz CT molecular complexity index is 375. The molecule has 2 nitrogen and oxygen atoms in total. The molecule has 0 spiro atoms. The minimum Gasteiger partial charge on any atom is -0.385 e. The van der Waals surface area contributed by atoms with E-state index in [1.165, 1.54) is 17.7 Å². The van der Waals surface area contributed by atoms with Gasteiger partial charge in [-0.1, -0.05) is 26.0 Å². The van der Waals surface area contributed by atoms with Crippen molar-refractivity contribution in [2.24, 2.45) is 5.92 Å². The fourth-order valence-corrected chi connectivity index (χ4v) is 2.76. The smallest absolute Gasteiger partial charge is 0.0343 e. The van der Waals surface area contributed by atoms with E-state index < -0.39 is 0 Å². The highest BCUT2D eigenvalue weighted by Crippen LogP contribution is 2.37. The van der Waals surface area contributed by atoms with Crippen molar-refractivity contribution in [2.75, 3.05) is 25.0 Å². The van der Waals surface area contributed by atoms with Crippen LogP contribution in [0.5, 0.6) is 0 Å². The summed E-state index contributed by atoms with van der Waals surface area (Å²) < 4.78 is 0. The molecule has 1 fully saturated rings. The highest BCUT2D eigenvalue weighted by molar-refractivity contribution is 5.47. The van der Waals surface area contributed by atoms with Gasteiger partial charge in [0.05, 0.1) is 0 Å². The first-order chi connectivity index (χ1) is 8.16. The summed E-state index contributed by atoms with van der Waals surface area (Å²) in [6, 6.07) is 8.93. The third-order valence-electron chi connectivity index (χ3n) is 4.26. The molecule has 94 valence electrons. The van der Waals surface area contributed by atoms with Crippen molar-refractivity contribution in [3.63, 3.8) is 0 Å². The zero-order valence-corrected chi connectivity index (χ0v) is 11.2. The number of hydrogen-bond acceptors (Lipinski definition) is 2. The molecular weight excluding hydrogens is 208 g/mol. The molecule has 2 heteroatoms. The van der Waals surface area contributed by atoms with E-state index in [-0.39, 0.29) is 0 Å². The molecule has 1 heterocycles. The third-order valence-corrected chi connectivity index (χ3v) is 4.26. The summed E-state index contributed by atoms with van der Waals surface area (Å²) in [4.78, 5) is 0. The standard InChI is InChI=1S/C15H24N2/c1-4-17-14-7-5-6-13(10-14)15(3)8-9-16-11-12(15)2/h5-7,10,12,16-17H,4,8-9,11H2,1-3H3. The predicted molar refractivity (Wildman–Crippen MR) is 74.6 cm³/mol. The topological polar surface area (TPSA) is 24.1 Å². The molecule has 1 aliphatic heterocycles. The van der Waals surface area contributed by atoms with Gasteiger partial charge in [-0.3, -0.25) is 0 Å². The Kier molecular flexibility index (Phi) is 3.72. The minimum atomic E-state index is 0.316. The molecule has 0 radical (unpaired) electrons. The maximum absolute atomic E-state index is 3.48. The van der Waals surface area contributed by atoms with Crippen LogP contribution >= 0.6 is 0 Å². The van der Waals surface area contributed by atoms with Gasteiger partial charge in [-0.2, -0.15) is 0 Å². The van der Waals surface area contributed by atoms with Gasteiger partial charge in [-0.25, -0.2) is 0 Å². The lowest BCUT2D eigenvalue weighted by Gasteiger charge is -2.41. The number of piperidine rings is 1. The van der Waals surface area contributed by atoms with Crippen molar-refractivity contribution in [2.45, 2.75) is 32.6 Å². The second-order valence-electron chi connectivity index (χ2n) is 5.38. The van der Waals surface area contributed by atoms with Gasteiger partial charge in [0.2, 0.25) is 0 Å². The van der Waals surface area contributed by atoms with Crippen molar-refractivity contribution in [3.8, 4) is 0 Å². The average Bonchev–Trinajstić information content (AvgIpc) is 2.34. The zero-order chi connectivity index (χ0) is 12.3. The second kappa shape index (κ2) is 5.09. The van der Waals surface area contributed by atoms with Crippen LogP contribution in [-0.2, 0) is 5.41 Å². The normalized spacial score (nSPS) is 29.0. The third kappa shape index (κ3) is 2.47. The largest absolute Gasteiger partial charge is 0.385 e. The Morgan fingerprint density at radius 3 is 3.00 bits per heavy atom. The van der Waals surface area contributed by atoms with Gasteiger partial charge in [0.15, 0.2) is 0 Å². The number of nitrogens with one attached hydrogen (secondary N) is 2. The van der Waals surface area contributed by atoms with Gasteiger partial charge in [0, 0.05) is 12.2 Å². The fraction of sp³-hybridized carbons (Fsp3) is 0.600. The summed E-state index contributed by atoms with van der Waals surface area (Å²) in [6.07, 6.45) is 1.23. The summed E-state index contributed by atoms with van der Waals surface area (Å²) >= 11 is 0. The van der Waals surface area contributed by atoms with Crippen molar-refractivity contribution in [1.29, 1.82) is 0 Å². The van der Waals surface area contributed by atoms with E-state index in [4.69, 9.17) is 0 Å². The summed E-state index contributed by atoms with van der Waals surface area (Å²) in [6.45, 7) is 10.1. The lowest BCUT2D eigenvalue weighted by Crippen LogP contribution is -2.44. The van der Waals surface area contributed by atoms with E-state index in [0.717, 1.165) is 19.6 Å². The molecule has 2 N–H and O–H groups in total. The Hall–Kier alpha value is -1.02. The van der Waals surface area contributed by atoms with E-state index >= 15 is 0 Å². The molecule has 1 saturated heterocycles. The quantitative estimate of drug-likeness (QED) is 0.837. The van der Waals surface area contributed by atoms with E-state index in [1.807, 2.05) is 0 Å². The summed E-state index contributed by atoms with van der Waals surface area (Å²) in [7, 11) is 0. The van der Waals surface area contributed by atoms with Crippen LogP contribution < -0.4 is 10.6 Å². The van der Waals surface area contributed by atoms with E-state index in [0.29, 0.717) is 11.3 Å². The van der Waals surface area contributed by atoms with Crippen LogP contribution in [-0.4, -0.2) is 19.6 Å². The highest BCUT2D eigenvalue weighted by atomic mass is 14.9. The lowest BCUT2D eigenvalue weighted by molar-refractivity contribution is 0.238. The van der Waals surface area contributed by atoms with Crippen LogP contribution in [0.4, 0.5) is 5.69 Å². The average molecular weight is 232 g/mol. The molecule has 0 bridgehead atoms. The Morgan fingerprint density at radius 2 is 2.29 bits per heavy atom. The van der Waals surface area contributed by atoms with Crippen LogP contribution in [0.1, 0.15) is 32.8 Å².